The van der Waals surface area contributed by atoms with E-state index in [1.807, 2.05) is 59.3 Å². The lowest BCUT2D eigenvalue weighted by molar-refractivity contribution is 0.104. The zero-order valence-electron chi connectivity index (χ0n) is 14.7. The van der Waals surface area contributed by atoms with E-state index < -0.39 is 0 Å². The van der Waals surface area contributed by atoms with Gasteiger partial charge in [-0.2, -0.15) is 0 Å². The Balaban J connectivity index is 1.68. The molecular formula is C23H16Br2OS2. The van der Waals surface area contributed by atoms with Crippen molar-refractivity contribution in [2.45, 2.75) is 9.65 Å². The van der Waals surface area contributed by atoms with Gasteiger partial charge in [-0.1, -0.05) is 92.5 Å². The highest BCUT2D eigenvalue weighted by Gasteiger charge is 2.26. The third kappa shape index (κ3) is 3.94. The molecule has 4 aromatic rings. The summed E-state index contributed by atoms with van der Waals surface area (Å²) in [6.45, 7) is 0. The summed E-state index contributed by atoms with van der Waals surface area (Å²) in [5.74, 6) is 0.0933. The molecule has 0 aliphatic rings. The van der Waals surface area contributed by atoms with Gasteiger partial charge in [0.1, 0.15) is 0 Å². The monoisotopic (exact) mass is 530 g/mol. The molecule has 0 aliphatic carbocycles. The van der Waals surface area contributed by atoms with Crippen LogP contribution in [-0.4, -0.2) is 5.78 Å². The Bertz CT molecular complexity index is 984. The van der Waals surface area contributed by atoms with E-state index in [4.69, 9.17) is 0 Å². The van der Waals surface area contributed by atoms with E-state index in [2.05, 4.69) is 56.1 Å². The topological polar surface area (TPSA) is 17.1 Å². The van der Waals surface area contributed by atoms with Gasteiger partial charge in [0.2, 0.25) is 5.78 Å². The number of halogens is 2. The molecule has 2 aromatic heterocycles. The molecule has 28 heavy (non-hydrogen) atoms. The van der Waals surface area contributed by atoms with E-state index in [-0.39, 0.29) is 15.4 Å². The van der Waals surface area contributed by atoms with E-state index in [1.54, 1.807) is 0 Å². The van der Waals surface area contributed by atoms with Crippen LogP contribution in [0.2, 0.25) is 0 Å². The molecule has 1 nitrogen and oxygen atoms in total. The number of rotatable bonds is 6. The highest BCUT2D eigenvalue weighted by molar-refractivity contribution is 9.09. The van der Waals surface area contributed by atoms with Crippen LogP contribution in [0.1, 0.15) is 46.5 Å². The van der Waals surface area contributed by atoms with Gasteiger partial charge in [-0.05, 0) is 45.1 Å². The second-order valence-electron chi connectivity index (χ2n) is 6.29. The minimum Gasteiger partial charge on any atom is -0.287 e. The number of benzene rings is 2. The Hall–Kier alpha value is -1.53. The molecule has 2 unspecified atom stereocenters. The summed E-state index contributed by atoms with van der Waals surface area (Å²) >= 11 is 10.6. The molecule has 140 valence electrons. The Morgan fingerprint density at radius 1 is 0.643 bits per heavy atom. The Morgan fingerprint density at radius 3 is 1.43 bits per heavy atom. The van der Waals surface area contributed by atoms with Crippen molar-refractivity contribution in [3.63, 3.8) is 0 Å². The average molecular weight is 532 g/mol. The first-order chi connectivity index (χ1) is 13.7. The fraction of sp³-hybridized carbons (Fsp3) is 0.0870. The summed E-state index contributed by atoms with van der Waals surface area (Å²) in [5.41, 5.74) is 4.32. The van der Waals surface area contributed by atoms with Crippen molar-refractivity contribution >= 4 is 60.3 Å². The number of ketones is 1. The predicted octanol–water partition coefficient (Wildman–Crippen LogP) is 8.01. The van der Waals surface area contributed by atoms with Crippen molar-refractivity contribution in [3.05, 3.63) is 116 Å². The maximum absolute atomic E-state index is 13.5. The standard InChI is InChI=1S/C23H16Br2OS2/c24-19(15-7-3-1-4-8-15)17-11-13-27-22(17)21(26)23-18(12-14-28-23)20(25)16-9-5-2-6-10-16/h1-14,19-20H. The lowest BCUT2D eigenvalue weighted by atomic mass is 10.0. The highest BCUT2D eigenvalue weighted by atomic mass is 79.9. The van der Waals surface area contributed by atoms with Crippen molar-refractivity contribution in [2.75, 3.05) is 0 Å². The molecule has 0 N–H and O–H groups in total. The largest absolute Gasteiger partial charge is 0.287 e. The molecule has 4 rings (SSSR count). The van der Waals surface area contributed by atoms with Crippen molar-refractivity contribution in [3.8, 4) is 0 Å². The molecule has 0 saturated heterocycles. The van der Waals surface area contributed by atoms with E-state index in [9.17, 15) is 4.79 Å². The molecular weight excluding hydrogens is 516 g/mol. The molecule has 2 heterocycles. The summed E-state index contributed by atoms with van der Waals surface area (Å²) in [5, 5.41) is 3.99. The van der Waals surface area contributed by atoms with Gasteiger partial charge in [-0.25, -0.2) is 0 Å². The van der Waals surface area contributed by atoms with Crippen LogP contribution in [0.15, 0.2) is 83.6 Å². The summed E-state index contributed by atoms with van der Waals surface area (Å²) in [4.78, 5) is 15.0. The smallest absolute Gasteiger partial charge is 0.213 e. The van der Waals surface area contributed by atoms with Gasteiger partial charge < -0.3 is 0 Å². The van der Waals surface area contributed by atoms with Crippen LogP contribution >= 0.6 is 54.5 Å². The van der Waals surface area contributed by atoms with E-state index >= 15 is 0 Å². The number of hydrogen-bond acceptors (Lipinski definition) is 3. The van der Waals surface area contributed by atoms with Crippen molar-refractivity contribution in [1.29, 1.82) is 0 Å². The first-order valence-corrected chi connectivity index (χ1v) is 12.3. The van der Waals surface area contributed by atoms with Crippen LogP contribution in [0.3, 0.4) is 0 Å². The van der Waals surface area contributed by atoms with Crippen LogP contribution in [0, 0.1) is 0 Å². The van der Waals surface area contributed by atoms with Crippen LogP contribution in [0.5, 0.6) is 0 Å². The Kier molecular flexibility index (Phi) is 6.26. The lowest BCUT2D eigenvalue weighted by Crippen LogP contribution is -2.06. The number of alkyl halides is 2. The number of hydrogen-bond donors (Lipinski definition) is 0. The minimum atomic E-state index is -0.00352. The highest BCUT2D eigenvalue weighted by Crippen LogP contribution is 2.40. The maximum atomic E-state index is 13.5. The van der Waals surface area contributed by atoms with Gasteiger partial charge in [0, 0.05) is 0 Å². The maximum Gasteiger partial charge on any atom is 0.213 e. The summed E-state index contributed by atoms with van der Waals surface area (Å²) in [7, 11) is 0. The van der Waals surface area contributed by atoms with Crippen LogP contribution in [-0.2, 0) is 0 Å². The van der Waals surface area contributed by atoms with E-state index in [0.29, 0.717) is 0 Å². The molecule has 0 spiro atoms. The molecule has 0 saturated carbocycles. The molecule has 2 atom stereocenters. The number of carbonyl (C=O) groups is 1. The summed E-state index contributed by atoms with van der Waals surface area (Å²) in [6.07, 6.45) is 0. The number of carbonyl (C=O) groups excluding carboxylic acids is 1. The van der Waals surface area contributed by atoms with E-state index in [0.717, 1.165) is 32.0 Å². The Labute approximate surface area is 189 Å². The van der Waals surface area contributed by atoms with Gasteiger partial charge in [0.15, 0.2) is 0 Å². The normalized spacial score (nSPS) is 13.2. The summed E-state index contributed by atoms with van der Waals surface area (Å²) < 4.78 is 0. The van der Waals surface area contributed by atoms with Gasteiger partial charge >= 0.3 is 0 Å². The molecule has 0 amide bonds. The third-order valence-electron chi connectivity index (χ3n) is 4.53. The number of thiophene rings is 2. The quantitative estimate of drug-likeness (QED) is 0.182. The minimum absolute atomic E-state index is 0.00352. The van der Waals surface area contributed by atoms with Crippen molar-refractivity contribution in [2.24, 2.45) is 0 Å². The zero-order chi connectivity index (χ0) is 19.5. The third-order valence-corrected chi connectivity index (χ3v) is 8.44. The van der Waals surface area contributed by atoms with Crippen molar-refractivity contribution < 1.29 is 4.79 Å². The second kappa shape index (κ2) is 8.87. The van der Waals surface area contributed by atoms with Crippen molar-refractivity contribution in [1.82, 2.24) is 0 Å². The zero-order valence-corrected chi connectivity index (χ0v) is 19.5. The lowest BCUT2D eigenvalue weighted by Gasteiger charge is -2.13. The average Bonchev–Trinajstić information content (AvgIpc) is 3.43. The molecule has 0 radical (unpaired) electrons. The molecule has 5 heteroatoms. The predicted molar refractivity (Wildman–Crippen MR) is 126 cm³/mol. The van der Waals surface area contributed by atoms with Gasteiger partial charge in [0.05, 0.1) is 19.4 Å². The van der Waals surface area contributed by atoms with Crippen LogP contribution < -0.4 is 0 Å². The van der Waals surface area contributed by atoms with Crippen LogP contribution in [0.4, 0.5) is 0 Å². The molecule has 0 fully saturated rings. The van der Waals surface area contributed by atoms with E-state index in [1.165, 1.54) is 22.7 Å². The SMILES string of the molecule is O=C(c1sccc1C(Br)c1ccccc1)c1sccc1C(Br)c1ccccc1. The van der Waals surface area contributed by atoms with Gasteiger partial charge in [-0.15, -0.1) is 22.7 Å². The summed E-state index contributed by atoms with van der Waals surface area (Å²) in [6, 6.07) is 24.5. The second-order valence-corrected chi connectivity index (χ2v) is 9.95. The molecule has 0 bridgehead atoms. The van der Waals surface area contributed by atoms with Gasteiger partial charge in [-0.3, -0.25) is 4.79 Å². The first kappa shape index (κ1) is 19.8. The fourth-order valence-electron chi connectivity index (χ4n) is 3.11. The molecule has 0 aliphatic heterocycles. The fourth-order valence-corrected chi connectivity index (χ4v) is 6.62. The van der Waals surface area contributed by atoms with Gasteiger partial charge in [0.25, 0.3) is 0 Å². The Morgan fingerprint density at radius 2 is 1.04 bits per heavy atom. The van der Waals surface area contributed by atoms with Crippen LogP contribution in [0.25, 0.3) is 0 Å². The first-order valence-electron chi connectivity index (χ1n) is 8.74. The molecule has 2 aromatic carbocycles.